The lowest BCUT2D eigenvalue weighted by atomic mass is 9.94. The van der Waals surface area contributed by atoms with Gasteiger partial charge < -0.3 is 24.4 Å². The first-order valence-electron chi connectivity index (χ1n) is 12.6. The van der Waals surface area contributed by atoms with Crippen molar-refractivity contribution in [3.63, 3.8) is 0 Å². The van der Waals surface area contributed by atoms with Crippen molar-refractivity contribution in [1.82, 2.24) is 4.90 Å². The molecule has 0 bridgehead atoms. The Kier molecular flexibility index (Phi) is 7.76. The number of amides is 1. The molecule has 1 atom stereocenters. The number of nitrogens with zero attached hydrogens (tertiary/aromatic N) is 2. The summed E-state index contributed by atoms with van der Waals surface area (Å²) in [6.45, 7) is 5.97. The molecule has 7 nitrogen and oxygen atoms in total. The summed E-state index contributed by atoms with van der Waals surface area (Å²) in [7, 11) is 5.48. The molecule has 0 radical (unpaired) electrons. The summed E-state index contributed by atoms with van der Waals surface area (Å²) in [5.74, 6) is -0.168. The minimum atomic E-state index is -0.750. The number of Topliss-reactive ketones (excluding diaryl/α,β-unsaturated/α-hetero) is 1. The fraction of sp³-hybridized carbons (Fsp3) is 0.290. The monoisotopic (exact) mass is 514 g/mol. The van der Waals surface area contributed by atoms with E-state index in [1.54, 1.807) is 25.3 Å². The molecular formula is C31H34N2O5. The maximum atomic E-state index is 13.4. The van der Waals surface area contributed by atoms with E-state index >= 15 is 0 Å². The standard InChI is InChI=1S/C31H34N2O5/c1-19(2)38-26-16-11-23(17-20(26)3)29(34)27-28(22-9-12-24(13-10-22)32(4)5)33(31(36)30(27)35)18-21-7-14-25(37-6)15-8-21/h7-17,19,28,34H,18H2,1-6H3/b29-27-. The Morgan fingerprint density at radius 2 is 1.66 bits per heavy atom. The van der Waals surface area contributed by atoms with Crippen LogP contribution in [0.1, 0.15) is 42.1 Å². The van der Waals surface area contributed by atoms with Crippen LogP contribution in [0, 0.1) is 6.92 Å². The number of aliphatic hydroxyl groups excluding tert-OH is 1. The van der Waals surface area contributed by atoms with E-state index in [4.69, 9.17) is 9.47 Å². The number of aryl methyl sites for hydroxylation is 1. The van der Waals surface area contributed by atoms with Crippen LogP contribution >= 0.6 is 0 Å². The molecule has 1 saturated heterocycles. The van der Waals surface area contributed by atoms with Gasteiger partial charge in [-0.3, -0.25) is 9.59 Å². The third kappa shape index (κ3) is 5.37. The molecule has 3 aromatic rings. The Balaban J connectivity index is 1.81. The summed E-state index contributed by atoms with van der Waals surface area (Å²) in [5, 5.41) is 11.4. The van der Waals surface area contributed by atoms with Crippen LogP contribution in [0.2, 0.25) is 0 Å². The van der Waals surface area contributed by atoms with Crippen molar-refractivity contribution >= 4 is 23.1 Å². The van der Waals surface area contributed by atoms with Crippen LogP contribution in [-0.4, -0.2) is 49.0 Å². The lowest BCUT2D eigenvalue weighted by Gasteiger charge is -2.26. The third-order valence-corrected chi connectivity index (χ3v) is 6.59. The molecule has 1 N–H and O–H groups in total. The zero-order chi connectivity index (χ0) is 27.6. The largest absolute Gasteiger partial charge is 0.507 e. The van der Waals surface area contributed by atoms with Gasteiger partial charge in [0.1, 0.15) is 17.3 Å². The van der Waals surface area contributed by atoms with Gasteiger partial charge >= 0.3 is 0 Å². The van der Waals surface area contributed by atoms with Crippen LogP contribution in [-0.2, 0) is 16.1 Å². The summed E-state index contributed by atoms with van der Waals surface area (Å²) in [4.78, 5) is 30.3. The summed E-state index contributed by atoms with van der Waals surface area (Å²) >= 11 is 0. The van der Waals surface area contributed by atoms with Crippen molar-refractivity contribution in [2.75, 3.05) is 26.1 Å². The Bertz CT molecular complexity index is 1360. The SMILES string of the molecule is COc1ccc(CN2C(=O)C(=O)/C(=C(\O)c3ccc(OC(C)C)c(C)c3)C2c2ccc(N(C)C)cc2)cc1. The van der Waals surface area contributed by atoms with Crippen molar-refractivity contribution < 1.29 is 24.2 Å². The molecule has 0 aliphatic carbocycles. The van der Waals surface area contributed by atoms with Crippen molar-refractivity contribution in [2.24, 2.45) is 0 Å². The average Bonchev–Trinajstić information content (AvgIpc) is 3.14. The predicted octanol–water partition coefficient (Wildman–Crippen LogP) is 5.48. The first kappa shape index (κ1) is 26.8. The Morgan fingerprint density at radius 1 is 1.00 bits per heavy atom. The van der Waals surface area contributed by atoms with Gasteiger partial charge in [-0.15, -0.1) is 0 Å². The second-order valence-corrected chi connectivity index (χ2v) is 9.91. The summed E-state index contributed by atoms with van der Waals surface area (Å²) < 4.78 is 11.1. The first-order valence-corrected chi connectivity index (χ1v) is 12.6. The van der Waals surface area contributed by atoms with Crippen molar-refractivity contribution in [1.29, 1.82) is 0 Å². The quantitative estimate of drug-likeness (QED) is 0.244. The fourth-order valence-corrected chi connectivity index (χ4v) is 4.61. The van der Waals surface area contributed by atoms with E-state index in [0.717, 1.165) is 22.4 Å². The lowest BCUT2D eigenvalue weighted by Crippen LogP contribution is -2.29. The molecule has 1 amide bonds. The number of hydrogen-bond acceptors (Lipinski definition) is 6. The third-order valence-electron chi connectivity index (χ3n) is 6.59. The average molecular weight is 515 g/mol. The number of anilines is 1. The molecule has 7 heteroatoms. The zero-order valence-corrected chi connectivity index (χ0v) is 22.7. The molecule has 1 aliphatic heterocycles. The van der Waals surface area contributed by atoms with Crippen LogP contribution in [0.3, 0.4) is 0 Å². The minimum Gasteiger partial charge on any atom is -0.507 e. The number of benzene rings is 3. The molecule has 1 aliphatic rings. The second kappa shape index (κ2) is 11.0. The summed E-state index contributed by atoms with van der Waals surface area (Å²) in [5.41, 5.74) is 3.91. The molecule has 0 aromatic heterocycles. The maximum absolute atomic E-state index is 13.4. The van der Waals surface area contributed by atoms with E-state index in [1.165, 1.54) is 4.90 Å². The number of ketones is 1. The van der Waals surface area contributed by atoms with Crippen LogP contribution in [0.5, 0.6) is 11.5 Å². The van der Waals surface area contributed by atoms with Crippen LogP contribution < -0.4 is 14.4 Å². The summed E-state index contributed by atoms with van der Waals surface area (Å²) in [6.07, 6.45) is 0.00145. The maximum Gasteiger partial charge on any atom is 0.295 e. The number of rotatable bonds is 8. The fourth-order valence-electron chi connectivity index (χ4n) is 4.61. The van der Waals surface area contributed by atoms with Gasteiger partial charge in [-0.1, -0.05) is 24.3 Å². The minimum absolute atomic E-state index is 0.00145. The van der Waals surface area contributed by atoms with Gasteiger partial charge in [-0.2, -0.15) is 0 Å². The number of carbonyl (C=O) groups is 2. The van der Waals surface area contributed by atoms with Gasteiger partial charge in [0.15, 0.2) is 0 Å². The van der Waals surface area contributed by atoms with E-state index in [0.29, 0.717) is 17.1 Å². The number of methoxy groups -OCH3 is 1. The molecule has 1 fully saturated rings. The van der Waals surface area contributed by atoms with E-state index in [-0.39, 0.29) is 24.0 Å². The number of likely N-dealkylation sites (tertiary alicyclic amines) is 1. The van der Waals surface area contributed by atoms with E-state index in [2.05, 4.69) is 0 Å². The molecule has 198 valence electrons. The second-order valence-electron chi connectivity index (χ2n) is 9.91. The van der Waals surface area contributed by atoms with Crippen molar-refractivity contribution in [3.8, 4) is 11.5 Å². The molecule has 0 spiro atoms. The first-order chi connectivity index (χ1) is 18.1. The van der Waals surface area contributed by atoms with Gasteiger partial charge in [0, 0.05) is 31.9 Å². The van der Waals surface area contributed by atoms with Crippen molar-refractivity contribution in [3.05, 3.63) is 94.6 Å². The Hall–Kier alpha value is -4.26. The van der Waals surface area contributed by atoms with Crippen molar-refractivity contribution in [2.45, 2.75) is 39.5 Å². The Morgan fingerprint density at radius 3 is 2.21 bits per heavy atom. The highest BCUT2D eigenvalue weighted by Crippen LogP contribution is 2.41. The van der Waals surface area contributed by atoms with Crippen LogP contribution in [0.4, 0.5) is 5.69 Å². The highest BCUT2D eigenvalue weighted by Gasteiger charge is 2.46. The number of ether oxygens (including phenoxy) is 2. The van der Waals surface area contributed by atoms with E-state index < -0.39 is 17.7 Å². The molecule has 3 aromatic carbocycles. The van der Waals surface area contributed by atoms with Gasteiger partial charge in [0.05, 0.1) is 24.8 Å². The molecule has 1 unspecified atom stereocenters. The normalized spacial score (nSPS) is 16.7. The number of hydrogen-bond donors (Lipinski definition) is 1. The highest BCUT2D eigenvalue weighted by atomic mass is 16.5. The van der Waals surface area contributed by atoms with Gasteiger partial charge in [-0.25, -0.2) is 0 Å². The smallest absolute Gasteiger partial charge is 0.295 e. The highest BCUT2D eigenvalue weighted by molar-refractivity contribution is 6.46. The summed E-state index contributed by atoms with van der Waals surface area (Å²) in [6, 6.07) is 19.5. The molecule has 0 saturated carbocycles. The molecular weight excluding hydrogens is 480 g/mol. The number of aliphatic hydroxyl groups is 1. The topological polar surface area (TPSA) is 79.3 Å². The molecule has 38 heavy (non-hydrogen) atoms. The number of carbonyl (C=O) groups excluding carboxylic acids is 2. The predicted molar refractivity (Wildman–Crippen MR) is 149 cm³/mol. The molecule has 4 rings (SSSR count). The van der Waals surface area contributed by atoms with Gasteiger partial charge in [-0.05, 0) is 79.9 Å². The Labute approximate surface area is 223 Å². The van der Waals surface area contributed by atoms with Crippen LogP contribution in [0.15, 0.2) is 72.3 Å². The molecule has 1 heterocycles. The zero-order valence-electron chi connectivity index (χ0n) is 22.7. The van der Waals surface area contributed by atoms with Gasteiger partial charge in [0.2, 0.25) is 0 Å². The van der Waals surface area contributed by atoms with Gasteiger partial charge in [0.25, 0.3) is 11.7 Å². The van der Waals surface area contributed by atoms with E-state index in [9.17, 15) is 14.7 Å². The lowest BCUT2D eigenvalue weighted by molar-refractivity contribution is -0.140. The van der Waals surface area contributed by atoms with Crippen LogP contribution in [0.25, 0.3) is 5.76 Å². The van der Waals surface area contributed by atoms with E-state index in [1.807, 2.05) is 88.3 Å².